The molecule has 1 aromatic heterocycles. The molecule has 0 aliphatic rings. The van der Waals surface area contributed by atoms with Gasteiger partial charge in [-0.2, -0.15) is 5.10 Å². The van der Waals surface area contributed by atoms with Crippen LogP contribution in [0.25, 0.3) is 0 Å². The van der Waals surface area contributed by atoms with Crippen molar-refractivity contribution in [3.05, 3.63) is 83.4 Å². The first-order valence-corrected chi connectivity index (χ1v) is 14.4. The molecule has 1 heterocycles. The van der Waals surface area contributed by atoms with E-state index in [1.54, 1.807) is 24.1 Å². The van der Waals surface area contributed by atoms with Crippen molar-refractivity contribution in [1.29, 1.82) is 0 Å². The normalized spacial score (nSPS) is 12.5. The standard InChI is InChI=1S/C27H38N6O3S/c1-4-33(5-2)19-12-20-37(35,36)31-24(18-17-22-13-8-6-9-14-22)26-28-25(29-30-26)21-32(3)27(34)23-15-10-7-11-16-23/h6-11,13-16,24,31H,4-5,12,17-21H2,1-3H3,(H,28,29,30)/t24-/m1/s1. The van der Waals surface area contributed by atoms with Gasteiger partial charge in [-0.1, -0.05) is 62.4 Å². The lowest BCUT2D eigenvalue weighted by atomic mass is 10.1. The number of nitrogens with one attached hydrogen (secondary N) is 2. The number of carbonyl (C=O) groups is 1. The molecule has 0 aliphatic carbocycles. The first-order chi connectivity index (χ1) is 17.8. The van der Waals surface area contributed by atoms with Gasteiger partial charge in [-0.25, -0.2) is 18.1 Å². The van der Waals surface area contributed by atoms with Gasteiger partial charge in [0.05, 0.1) is 18.3 Å². The number of hydrogen-bond acceptors (Lipinski definition) is 6. The Morgan fingerprint density at radius 1 is 1.03 bits per heavy atom. The molecule has 0 unspecified atom stereocenters. The summed E-state index contributed by atoms with van der Waals surface area (Å²) in [6, 6.07) is 18.4. The highest BCUT2D eigenvalue weighted by Crippen LogP contribution is 2.18. The van der Waals surface area contributed by atoms with E-state index in [2.05, 4.69) is 38.7 Å². The van der Waals surface area contributed by atoms with Gasteiger partial charge in [0.2, 0.25) is 10.0 Å². The maximum Gasteiger partial charge on any atom is 0.254 e. The predicted octanol–water partition coefficient (Wildman–Crippen LogP) is 3.40. The van der Waals surface area contributed by atoms with Crippen molar-refractivity contribution in [3.8, 4) is 0 Å². The number of hydrogen-bond donors (Lipinski definition) is 2. The van der Waals surface area contributed by atoms with Gasteiger partial charge in [0.15, 0.2) is 5.82 Å². The third-order valence-electron chi connectivity index (χ3n) is 6.29. The van der Waals surface area contributed by atoms with Crippen LogP contribution >= 0.6 is 0 Å². The number of benzene rings is 2. The molecule has 0 saturated heterocycles. The minimum Gasteiger partial charge on any atom is -0.334 e. The smallest absolute Gasteiger partial charge is 0.254 e. The van der Waals surface area contributed by atoms with Crippen molar-refractivity contribution in [1.82, 2.24) is 29.7 Å². The molecule has 10 heteroatoms. The Balaban J connectivity index is 1.69. The van der Waals surface area contributed by atoms with Crippen LogP contribution in [0.15, 0.2) is 60.7 Å². The SMILES string of the molecule is CCN(CC)CCCS(=O)(=O)N[C@H](CCc1ccccc1)c1nc(CN(C)C(=O)c2ccccc2)n[nH]1. The monoisotopic (exact) mass is 526 g/mol. The van der Waals surface area contributed by atoms with Gasteiger partial charge in [0.1, 0.15) is 5.82 Å². The van der Waals surface area contributed by atoms with E-state index in [0.717, 1.165) is 25.2 Å². The minimum atomic E-state index is -3.54. The average molecular weight is 527 g/mol. The summed E-state index contributed by atoms with van der Waals surface area (Å²) in [5.74, 6) is 0.771. The third kappa shape index (κ3) is 9.07. The van der Waals surface area contributed by atoms with E-state index < -0.39 is 16.1 Å². The summed E-state index contributed by atoms with van der Waals surface area (Å²) < 4.78 is 28.8. The Kier molecular flexibility index (Phi) is 10.8. The number of nitrogens with zero attached hydrogens (tertiary/aromatic N) is 4. The second-order valence-electron chi connectivity index (χ2n) is 9.06. The fourth-order valence-corrected chi connectivity index (χ4v) is 5.41. The first kappa shape index (κ1) is 28.5. The summed E-state index contributed by atoms with van der Waals surface area (Å²) in [5, 5.41) is 7.18. The van der Waals surface area contributed by atoms with Crippen LogP contribution in [0.3, 0.4) is 0 Å². The minimum absolute atomic E-state index is 0.0423. The summed E-state index contributed by atoms with van der Waals surface area (Å²) in [4.78, 5) is 21.0. The van der Waals surface area contributed by atoms with E-state index in [0.29, 0.717) is 36.5 Å². The predicted molar refractivity (Wildman–Crippen MR) is 145 cm³/mol. The highest BCUT2D eigenvalue weighted by molar-refractivity contribution is 7.89. The number of amides is 1. The van der Waals surface area contributed by atoms with E-state index >= 15 is 0 Å². The molecule has 1 atom stereocenters. The first-order valence-electron chi connectivity index (χ1n) is 12.8. The fraction of sp³-hybridized carbons (Fsp3) is 0.444. The van der Waals surface area contributed by atoms with Gasteiger partial charge in [-0.3, -0.25) is 9.89 Å². The fourth-order valence-electron chi connectivity index (χ4n) is 4.12. The summed E-state index contributed by atoms with van der Waals surface area (Å²) >= 11 is 0. The molecule has 3 aromatic rings. The van der Waals surface area contributed by atoms with E-state index in [-0.39, 0.29) is 18.2 Å². The topological polar surface area (TPSA) is 111 Å². The number of aromatic nitrogens is 3. The van der Waals surface area contributed by atoms with Crippen molar-refractivity contribution in [2.24, 2.45) is 0 Å². The van der Waals surface area contributed by atoms with Crippen molar-refractivity contribution in [3.63, 3.8) is 0 Å². The molecule has 3 rings (SSSR count). The zero-order valence-corrected chi connectivity index (χ0v) is 22.7. The van der Waals surface area contributed by atoms with Crippen LogP contribution in [0, 0.1) is 0 Å². The van der Waals surface area contributed by atoms with E-state index in [4.69, 9.17) is 0 Å². The number of carbonyl (C=O) groups excluding carboxylic acids is 1. The molecule has 0 aliphatic heterocycles. The van der Waals surface area contributed by atoms with Gasteiger partial charge < -0.3 is 9.80 Å². The molecule has 0 bridgehead atoms. The summed E-state index contributed by atoms with van der Waals surface area (Å²) in [7, 11) is -1.85. The Morgan fingerprint density at radius 2 is 1.68 bits per heavy atom. The van der Waals surface area contributed by atoms with Crippen molar-refractivity contribution in [2.45, 2.75) is 45.7 Å². The molecule has 1 amide bonds. The van der Waals surface area contributed by atoms with Crippen molar-refractivity contribution < 1.29 is 13.2 Å². The molecule has 0 saturated carbocycles. The van der Waals surface area contributed by atoms with Crippen LogP contribution in [0.4, 0.5) is 0 Å². The maximum absolute atomic E-state index is 13.0. The highest BCUT2D eigenvalue weighted by atomic mass is 32.2. The number of aromatic amines is 1. The number of H-pyrrole nitrogens is 1. The molecule has 0 spiro atoms. The van der Waals surface area contributed by atoms with E-state index in [1.165, 1.54) is 0 Å². The molecule has 0 fully saturated rings. The molecule has 200 valence electrons. The maximum atomic E-state index is 13.0. The van der Waals surface area contributed by atoms with Crippen LogP contribution in [0.1, 0.15) is 60.3 Å². The van der Waals surface area contributed by atoms with E-state index in [9.17, 15) is 13.2 Å². The largest absolute Gasteiger partial charge is 0.334 e. The van der Waals surface area contributed by atoms with Crippen LogP contribution < -0.4 is 4.72 Å². The van der Waals surface area contributed by atoms with Crippen LogP contribution in [-0.4, -0.2) is 71.7 Å². The lowest BCUT2D eigenvalue weighted by Gasteiger charge is -2.19. The third-order valence-corrected chi connectivity index (χ3v) is 7.76. The Morgan fingerprint density at radius 3 is 2.32 bits per heavy atom. The number of aryl methyl sites for hydroxylation is 1. The van der Waals surface area contributed by atoms with Crippen molar-refractivity contribution in [2.75, 3.05) is 32.4 Å². The van der Waals surface area contributed by atoms with Gasteiger partial charge in [-0.05, 0) is 56.6 Å². The van der Waals surface area contributed by atoms with Gasteiger partial charge in [0, 0.05) is 12.6 Å². The van der Waals surface area contributed by atoms with Gasteiger partial charge in [0.25, 0.3) is 5.91 Å². The van der Waals surface area contributed by atoms with Crippen molar-refractivity contribution >= 4 is 15.9 Å². The van der Waals surface area contributed by atoms with E-state index in [1.807, 2.05) is 48.5 Å². The Hall–Kier alpha value is -3.08. The summed E-state index contributed by atoms with van der Waals surface area (Å²) in [6.07, 6.45) is 1.75. The Bertz CT molecular complexity index is 1200. The lowest BCUT2D eigenvalue weighted by molar-refractivity contribution is 0.0781. The average Bonchev–Trinajstić information content (AvgIpc) is 3.38. The van der Waals surface area contributed by atoms with Crippen LogP contribution in [0.2, 0.25) is 0 Å². The molecule has 9 nitrogen and oxygen atoms in total. The van der Waals surface area contributed by atoms with Crippen LogP contribution in [0.5, 0.6) is 0 Å². The molecule has 0 radical (unpaired) electrons. The summed E-state index contributed by atoms with van der Waals surface area (Å²) in [5.41, 5.74) is 1.69. The molecule has 37 heavy (non-hydrogen) atoms. The zero-order chi connectivity index (χ0) is 26.7. The quantitative estimate of drug-likeness (QED) is 0.314. The highest BCUT2D eigenvalue weighted by Gasteiger charge is 2.23. The number of sulfonamides is 1. The molecule has 2 N–H and O–H groups in total. The Labute approximate surface area is 220 Å². The number of rotatable bonds is 15. The lowest BCUT2D eigenvalue weighted by Crippen LogP contribution is -2.33. The molecular formula is C27H38N6O3S. The van der Waals surface area contributed by atoms with Gasteiger partial charge in [-0.15, -0.1) is 0 Å². The second kappa shape index (κ2) is 14.0. The van der Waals surface area contributed by atoms with Crippen LogP contribution in [-0.2, 0) is 23.0 Å². The van der Waals surface area contributed by atoms with Gasteiger partial charge >= 0.3 is 0 Å². The zero-order valence-electron chi connectivity index (χ0n) is 21.9. The summed E-state index contributed by atoms with van der Waals surface area (Å²) in [6.45, 7) is 6.87. The second-order valence-corrected chi connectivity index (χ2v) is 10.9. The molecule has 2 aromatic carbocycles. The molecular weight excluding hydrogens is 488 g/mol.